The van der Waals surface area contributed by atoms with E-state index in [1.54, 1.807) is 0 Å². The summed E-state index contributed by atoms with van der Waals surface area (Å²) in [5, 5.41) is 0.171. The zero-order valence-electron chi connectivity index (χ0n) is 9.77. The largest absolute Gasteiger partial charge is 0.394 e. The summed E-state index contributed by atoms with van der Waals surface area (Å²) < 4.78 is 52.8. The molecule has 0 atom stereocenters. The van der Waals surface area contributed by atoms with Crippen LogP contribution in [0.3, 0.4) is 0 Å². The third-order valence-electron chi connectivity index (χ3n) is 2.36. The van der Waals surface area contributed by atoms with Crippen molar-refractivity contribution < 1.29 is 17.2 Å². The van der Waals surface area contributed by atoms with E-state index in [9.17, 15) is 17.2 Å². The Hall–Kier alpha value is -1.93. The SMILES string of the molecule is Nc1c(F)ccc(S(=O)(=O)Nc2ccc(Cl)nc2)c1F. The van der Waals surface area contributed by atoms with Crippen LogP contribution in [0.4, 0.5) is 20.2 Å². The number of hydrogen-bond acceptors (Lipinski definition) is 4. The first-order valence-electron chi connectivity index (χ1n) is 5.19. The van der Waals surface area contributed by atoms with Crippen molar-refractivity contribution in [3.8, 4) is 0 Å². The standard InChI is InChI=1S/C11H8ClF2N3O2S/c12-9-4-1-6(5-16-9)17-20(18,19)8-3-2-7(13)11(15)10(8)14/h1-5,17H,15H2. The van der Waals surface area contributed by atoms with Crippen molar-refractivity contribution in [2.24, 2.45) is 0 Å². The average Bonchev–Trinajstić information content (AvgIpc) is 2.38. The van der Waals surface area contributed by atoms with Crippen LogP contribution in [0.1, 0.15) is 0 Å². The summed E-state index contributed by atoms with van der Waals surface area (Å²) in [6, 6.07) is 4.26. The van der Waals surface area contributed by atoms with Crippen molar-refractivity contribution >= 4 is 33.0 Å². The molecule has 0 unspecified atom stereocenters. The van der Waals surface area contributed by atoms with Gasteiger partial charge in [0, 0.05) is 0 Å². The van der Waals surface area contributed by atoms with Crippen molar-refractivity contribution in [1.29, 1.82) is 0 Å². The molecule has 0 radical (unpaired) electrons. The van der Waals surface area contributed by atoms with Crippen LogP contribution >= 0.6 is 11.6 Å². The number of aromatic nitrogens is 1. The van der Waals surface area contributed by atoms with Crippen molar-refractivity contribution in [3.05, 3.63) is 47.2 Å². The third kappa shape index (κ3) is 2.81. The van der Waals surface area contributed by atoms with Gasteiger partial charge in [-0.15, -0.1) is 0 Å². The zero-order chi connectivity index (χ0) is 14.9. The summed E-state index contributed by atoms with van der Waals surface area (Å²) in [6.45, 7) is 0. The Balaban J connectivity index is 2.41. The minimum atomic E-state index is -4.25. The normalized spacial score (nSPS) is 11.3. The molecule has 3 N–H and O–H groups in total. The van der Waals surface area contributed by atoms with Gasteiger partial charge < -0.3 is 5.73 Å². The van der Waals surface area contributed by atoms with Gasteiger partial charge in [-0.2, -0.15) is 0 Å². The lowest BCUT2D eigenvalue weighted by Gasteiger charge is -2.10. The lowest BCUT2D eigenvalue weighted by atomic mass is 10.3. The first-order valence-corrected chi connectivity index (χ1v) is 7.05. The Kier molecular flexibility index (Phi) is 3.78. The Morgan fingerprint density at radius 1 is 1.20 bits per heavy atom. The summed E-state index contributed by atoms with van der Waals surface area (Å²) in [5.74, 6) is -2.38. The van der Waals surface area contributed by atoms with Crippen LogP contribution in [0.2, 0.25) is 5.15 Å². The van der Waals surface area contributed by atoms with Crippen LogP contribution in [0, 0.1) is 11.6 Å². The predicted molar refractivity (Wildman–Crippen MR) is 70.8 cm³/mol. The number of halogens is 3. The molecule has 1 aromatic carbocycles. The molecule has 0 saturated carbocycles. The fourth-order valence-corrected chi connectivity index (χ4v) is 2.65. The zero-order valence-corrected chi connectivity index (χ0v) is 11.3. The molecule has 0 spiro atoms. The van der Waals surface area contributed by atoms with Gasteiger partial charge in [0.25, 0.3) is 10.0 Å². The van der Waals surface area contributed by atoms with Crippen molar-refractivity contribution in [3.63, 3.8) is 0 Å². The second-order valence-electron chi connectivity index (χ2n) is 3.75. The van der Waals surface area contributed by atoms with E-state index in [1.165, 1.54) is 12.1 Å². The van der Waals surface area contributed by atoms with Gasteiger partial charge in [0.05, 0.1) is 11.9 Å². The number of nitrogens with two attached hydrogens (primary N) is 1. The second kappa shape index (κ2) is 5.22. The lowest BCUT2D eigenvalue weighted by Crippen LogP contribution is -2.16. The lowest BCUT2D eigenvalue weighted by molar-refractivity contribution is 0.557. The van der Waals surface area contributed by atoms with Gasteiger partial charge in [-0.3, -0.25) is 4.72 Å². The number of hydrogen-bond donors (Lipinski definition) is 2. The van der Waals surface area contributed by atoms with Crippen LogP contribution in [0.5, 0.6) is 0 Å². The maximum atomic E-state index is 13.7. The van der Waals surface area contributed by atoms with Crippen molar-refractivity contribution in [1.82, 2.24) is 4.98 Å². The Morgan fingerprint density at radius 3 is 2.50 bits per heavy atom. The van der Waals surface area contributed by atoms with Crippen LogP contribution in [-0.2, 0) is 10.0 Å². The quantitative estimate of drug-likeness (QED) is 0.672. The van der Waals surface area contributed by atoms with E-state index in [-0.39, 0.29) is 10.8 Å². The number of sulfonamides is 1. The monoisotopic (exact) mass is 319 g/mol. The van der Waals surface area contributed by atoms with E-state index in [2.05, 4.69) is 9.71 Å². The first-order chi connectivity index (χ1) is 9.31. The molecule has 0 saturated heterocycles. The Bertz CT molecular complexity index is 751. The van der Waals surface area contributed by atoms with Gasteiger partial charge in [-0.1, -0.05) is 11.6 Å². The molecule has 0 aliphatic heterocycles. The molecule has 20 heavy (non-hydrogen) atoms. The maximum absolute atomic E-state index is 13.7. The molecule has 2 rings (SSSR count). The molecule has 0 amide bonds. The highest BCUT2D eigenvalue weighted by Gasteiger charge is 2.22. The predicted octanol–water partition coefficient (Wildman–Crippen LogP) is 2.40. The smallest absolute Gasteiger partial charge is 0.264 e. The molecule has 0 bridgehead atoms. The van der Waals surface area contributed by atoms with Gasteiger partial charge in [0.1, 0.15) is 21.6 Å². The van der Waals surface area contributed by atoms with Crippen LogP contribution < -0.4 is 10.5 Å². The molecule has 1 aromatic heterocycles. The number of benzene rings is 1. The summed E-state index contributed by atoms with van der Waals surface area (Å²) in [5.41, 5.74) is 4.34. The summed E-state index contributed by atoms with van der Waals surface area (Å²) in [7, 11) is -4.25. The maximum Gasteiger partial charge on any atom is 0.264 e. The van der Waals surface area contributed by atoms with Gasteiger partial charge >= 0.3 is 0 Å². The molecule has 0 fully saturated rings. The Morgan fingerprint density at radius 2 is 1.90 bits per heavy atom. The molecular weight excluding hydrogens is 312 g/mol. The fourth-order valence-electron chi connectivity index (χ4n) is 1.40. The van der Waals surface area contributed by atoms with Crippen molar-refractivity contribution in [2.45, 2.75) is 4.90 Å². The molecule has 9 heteroatoms. The van der Waals surface area contributed by atoms with E-state index >= 15 is 0 Å². The van der Waals surface area contributed by atoms with Gasteiger partial charge in [0.2, 0.25) is 0 Å². The van der Waals surface area contributed by atoms with Crippen LogP contribution in [0.15, 0.2) is 35.4 Å². The summed E-state index contributed by atoms with van der Waals surface area (Å²) in [4.78, 5) is 2.91. The molecule has 2 aromatic rings. The highest BCUT2D eigenvalue weighted by Crippen LogP contribution is 2.24. The molecule has 0 aliphatic rings. The molecule has 1 heterocycles. The van der Waals surface area contributed by atoms with E-state index in [0.717, 1.165) is 18.3 Å². The van der Waals surface area contributed by atoms with Gasteiger partial charge in [0.15, 0.2) is 5.82 Å². The third-order valence-corrected chi connectivity index (χ3v) is 3.98. The highest BCUT2D eigenvalue weighted by molar-refractivity contribution is 7.92. The average molecular weight is 320 g/mol. The summed E-state index contributed by atoms with van der Waals surface area (Å²) >= 11 is 5.56. The van der Waals surface area contributed by atoms with Crippen molar-refractivity contribution in [2.75, 3.05) is 10.5 Å². The minimum absolute atomic E-state index is 0.0803. The molecule has 0 aliphatic carbocycles. The van der Waals surface area contributed by atoms with E-state index in [1.807, 2.05) is 0 Å². The summed E-state index contributed by atoms with van der Waals surface area (Å²) in [6.07, 6.45) is 1.16. The topological polar surface area (TPSA) is 85.1 Å². The number of nitrogens with zero attached hydrogens (tertiary/aromatic N) is 1. The number of pyridine rings is 1. The number of rotatable bonds is 3. The Labute approximate surface area is 118 Å². The van der Waals surface area contributed by atoms with Gasteiger partial charge in [-0.25, -0.2) is 22.2 Å². The van der Waals surface area contributed by atoms with Crippen LogP contribution in [0.25, 0.3) is 0 Å². The first kappa shape index (κ1) is 14.5. The highest BCUT2D eigenvalue weighted by atomic mass is 35.5. The van der Waals surface area contributed by atoms with Crippen LogP contribution in [-0.4, -0.2) is 13.4 Å². The fraction of sp³-hybridized carbons (Fsp3) is 0. The van der Waals surface area contributed by atoms with E-state index in [4.69, 9.17) is 17.3 Å². The molecule has 5 nitrogen and oxygen atoms in total. The number of nitrogen functional groups attached to an aromatic ring is 1. The molecular formula is C11H8ClF2N3O2S. The minimum Gasteiger partial charge on any atom is -0.394 e. The van der Waals surface area contributed by atoms with Gasteiger partial charge in [-0.05, 0) is 24.3 Å². The molecule has 106 valence electrons. The number of nitrogens with one attached hydrogen (secondary N) is 1. The van der Waals surface area contributed by atoms with E-state index in [0.29, 0.717) is 0 Å². The van der Waals surface area contributed by atoms with E-state index < -0.39 is 32.2 Å². The second-order valence-corrected chi connectivity index (χ2v) is 5.79. The number of anilines is 2.